The van der Waals surface area contributed by atoms with Gasteiger partial charge in [0.05, 0.1) is 32.3 Å². The highest BCUT2D eigenvalue weighted by molar-refractivity contribution is 7.92. The summed E-state index contributed by atoms with van der Waals surface area (Å²) in [5.41, 5.74) is 0.572. The van der Waals surface area contributed by atoms with E-state index in [-0.39, 0.29) is 0 Å². The summed E-state index contributed by atoms with van der Waals surface area (Å²) < 4.78 is 36.3. The number of nitrogens with zero attached hydrogens (tertiary/aromatic N) is 2. The third-order valence-corrected chi connectivity index (χ3v) is 5.36. The molecule has 1 fully saturated rings. The van der Waals surface area contributed by atoms with E-state index in [0.29, 0.717) is 24.5 Å². The Labute approximate surface area is 150 Å². The molecule has 142 valence electrons. The van der Waals surface area contributed by atoms with Crippen LogP contribution in [0.2, 0.25) is 0 Å². The monoisotopic (exact) mass is 371 g/mol. The molecule has 0 saturated carbocycles. The minimum Gasteiger partial charge on any atom is -0.495 e. The van der Waals surface area contributed by atoms with Gasteiger partial charge in [0.1, 0.15) is 5.75 Å². The van der Waals surface area contributed by atoms with Gasteiger partial charge in [0.25, 0.3) is 0 Å². The molecular weight excluding hydrogens is 342 g/mol. The molecule has 1 aromatic carbocycles. The van der Waals surface area contributed by atoms with Crippen LogP contribution in [0.4, 0.5) is 5.69 Å². The molecule has 0 bridgehead atoms. The molecule has 0 spiro atoms. The normalized spacial score (nSPS) is 15.9. The summed E-state index contributed by atoms with van der Waals surface area (Å²) in [5, 5.41) is 3.33. The van der Waals surface area contributed by atoms with Gasteiger partial charge in [0.2, 0.25) is 10.0 Å². The Balaban J connectivity index is 1.79. The second-order valence-electron chi connectivity index (χ2n) is 6.06. The van der Waals surface area contributed by atoms with Crippen molar-refractivity contribution < 1.29 is 17.9 Å². The number of ether oxygens (including phenoxy) is 2. The molecule has 1 aliphatic rings. The quantitative estimate of drug-likeness (QED) is 0.613. The van der Waals surface area contributed by atoms with Crippen molar-refractivity contribution in [1.29, 1.82) is 0 Å². The third-order valence-electron chi connectivity index (χ3n) is 4.18. The SMILES string of the molecule is COc1ccccc1N(CCNCCCN1CCOCC1)S(C)(=O)=O. The first-order chi connectivity index (χ1) is 12.0. The number of nitrogens with one attached hydrogen (secondary N) is 1. The van der Waals surface area contributed by atoms with E-state index in [1.165, 1.54) is 10.6 Å². The highest BCUT2D eigenvalue weighted by Gasteiger charge is 2.20. The Hall–Kier alpha value is -1.35. The Morgan fingerprint density at radius 1 is 1.24 bits per heavy atom. The maximum atomic E-state index is 12.2. The van der Waals surface area contributed by atoms with Gasteiger partial charge in [-0.3, -0.25) is 9.21 Å². The fourth-order valence-corrected chi connectivity index (χ4v) is 3.79. The average molecular weight is 372 g/mol. The lowest BCUT2D eigenvalue weighted by atomic mass is 10.3. The smallest absolute Gasteiger partial charge is 0.232 e. The van der Waals surface area contributed by atoms with Crippen LogP contribution in [0, 0.1) is 0 Å². The number of sulfonamides is 1. The molecule has 0 atom stereocenters. The molecule has 2 rings (SSSR count). The predicted molar refractivity (Wildman–Crippen MR) is 99.9 cm³/mol. The topological polar surface area (TPSA) is 71.1 Å². The lowest BCUT2D eigenvalue weighted by molar-refractivity contribution is 0.0375. The van der Waals surface area contributed by atoms with Crippen molar-refractivity contribution in [3.05, 3.63) is 24.3 Å². The lowest BCUT2D eigenvalue weighted by Crippen LogP contribution is -2.39. The van der Waals surface area contributed by atoms with Crippen LogP contribution in [0.1, 0.15) is 6.42 Å². The van der Waals surface area contributed by atoms with E-state index in [1.54, 1.807) is 19.2 Å². The van der Waals surface area contributed by atoms with Gasteiger partial charge >= 0.3 is 0 Å². The maximum absolute atomic E-state index is 12.2. The summed E-state index contributed by atoms with van der Waals surface area (Å²) in [6.45, 7) is 6.49. The lowest BCUT2D eigenvalue weighted by Gasteiger charge is -2.26. The minimum absolute atomic E-state index is 0.372. The van der Waals surface area contributed by atoms with Crippen LogP contribution in [0.15, 0.2) is 24.3 Å². The first-order valence-corrected chi connectivity index (χ1v) is 10.5. The fraction of sp³-hybridized carbons (Fsp3) is 0.647. The Kier molecular flexibility index (Phi) is 7.95. The molecule has 1 heterocycles. The number of benzene rings is 1. The van der Waals surface area contributed by atoms with Gasteiger partial charge in [-0.25, -0.2) is 8.42 Å². The molecular formula is C17H29N3O4S. The summed E-state index contributed by atoms with van der Waals surface area (Å²) >= 11 is 0. The molecule has 0 amide bonds. The van der Waals surface area contributed by atoms with Crippen molar-refractivity contribution in [3.63, 3.8) is 0 Å². The number of hydrogen-bond donors (Lipinski definition) is 1. The molecule has 0 radical (unpaired) electrons. The number of anilines is 1. The number of para-hydroxylation sites is 2. The minimum atomic E-state index is -3.37. The predicted octanol–water partition coefficient (Wildman–Crippen LogP) is 0.773. The van der Waals surface area contributed by atoms with Gasteiger partial charge in [0, 0.05) is 26.2 Å². The second-order valence-corrected chi connectivity index (χ2v) is 7.97. The maximum Gasteiger partial charge on any atom is 0.232 e. The summed E-state index contributed by atoms with van der Waals surface area (Å²) in [6, 6.07) is 7.17. The van der Waals surface area contributed by atoms with Crippen molar-refractivity contribution in [2.75, 3.05) is 70.2 Å². The van der Waals surface area contributed by atoms with Crippen LogP contribution < -0.4 is 14.4 Å². The Bertz CT molecular complexity index is 618. The average Bonchev–Trinajstić information content (AvgIpc) is 2.61. The fourth-order valence-electron chi connectivity index (χ4n) is 2.86. The van der Waals surface area contributed by atoms with Gasteiger partial charge in [-0.15, -0.1) is 0 Å². The van der Waals surface area contributed by atoms with E-state index in [0.717, 1.165) is 45.8 Å². The van der Waals surface area contributed by atoms with Crippen molar-refractivity contribution in [1.82, 2.24) is 10.2 Å². The van der Waals surface area contributed by atoms with Crippen LogP contribution >= 0.6 is 0 Å². The first kappa shape index (κ1) is 20.0. The summed E-state index contributed by atoms with van der Waals surface area (Å²) in [5.74, 6) is 0.556. The van der Waals surface area contributed by atoms with E-state index < -0.39 is 10.0 Å². The van der Waals surface area contributed by atoms with Crippen molar-refractivity contribution in [2.24, 2.45) is 0 Å². The van der Waals surface area contributed by atoms with E-state index in [9.17, 15) is 8.42 Å². The third kappa shape index (κ3) is 6.47. The Morgan fingerprint density at radius 3 is 2.64 bits per heavy atom. The number of methoxy groups -OCH3 is 1. The summed E-state index contributed by atoms with van der Waals surface area (Å²) in [4.78, 5) is 2.39. The molecule has 7 nitrogen and oxygen atoms in total. The van der Waals surface area contributed by atoms with Gasteiger partial charge < -0.3 is 14.8 Å². The second kappa shape index (κ2) is 9.96. The first-order valence-electron chi connectivity index (χ1n) is 8.64. The zero-order valence-electron chi connectivity index (χ0n) is 15.1. The van der Waals surface area contributed by atoms with Crippen LogP contribution in [0.3, 0.4) is 0 Å². The van der Waals surface area contributed by atoms with Crippen LogP contribution in [0.25, 0.3) is 0 Å². The van der Waals surface area contributed by atoms with Gasteiger partial charge in [0.15, 0.2) is 0 Å². The molecule has 1 aromatic rings. The highest BCUT2D eigenvalue weighted by Crippen LogP contribution is 2.28. The number of morpholine rings is 1. The molecule has 25 heavy (non-hydrogen) atoms. The van der Waals surface area contributed by atoms with Crippen LogP contribution in [-0.4, -0.2) is 79.2 Å². The van der Waals surface area contributed by atoms with Crippen LogP contribution in [-0.2, 0) is 14.8 Å². The highest BCUT2D eigenvalue weighted by atomic mass is 32.2. The zero-order valence-corrected chi connectivity index (χ0v) is 15.9. The molecule has 1 saturated heterocycles. The van der Waals surface area contributed by atoms with Gasteiger partial charge in [-0.1, -0.05) is 12.1 Å². The van der Waals surface area contributed by atoms with E-state index in [2.05, 4.69) is 10.2 Å². The molecule has 1 N–H and O–H groups in total. The van der Waals surface area contributed by atoms with Gasteiger partial charge in [-0.05, 0) is 31.6 Å². The molecule has 1 aliphatic heterocycles. The molecule has 0 unspecified atom stereocenters. The van der Waals surface area contributed by atoms with Crippen molar-refractivity contribution in [2.45, 2.75) is 6.42 Å². The number of hydrogen-bond acceptors (Lipinski definition) is 6. The van der Waals surface area contributed by atoms with Gasteiger partial charge in [-0.2, -0.15) is 0 Å². The van der Waals surface area contributed by atoms with Crippen molar-refractivity contribution >= 4 is 15.7 Å². The molecule has 0 aromatic heterocycles. The van der Waals surface area contributed by atoms with E-state index in [1.807, 2.05) is 12.1 Å². The standard InChI is InChI=1S/C17H29N3O4S/c1-23-17-7-4-3-6-16(17)20(25(2,21)22)11-9-18-8-5-10-19-12-14-24-15-13-19/h3-4,6-7,18H,5,8-15H2,1-2H3. The Morgan fingerprint density at radius 2 is 1.96 bits per heavy atom. The number of rotatable bonds is 10. The largest absolute Gasteiger partial charge is 0.495 e. The van der Waals surface area contributed by atoms with E-state index >= 15 is 0 Å². The van der Waals surface area contributed by atoms with Crippen LogP contribution in [0.5, 0.6) is 5.75 Å². The molecule has 0 aliphatic carbocycles. The summed E-state index contributed by atoms with van der Waals surface area (Å²) in [6.07, 6.45) is 2.26. The van der Waals surface area contributed by atoms with E-state index in [4.69, 9.17) is 9.47 Å². The summed E-state index contributed by atoms with van der Waals surface area (Å²) in [7, 11) is -1.82. The zero-order chi connectivity index (χ0) is 18.1. The molecule has 8 heteroatoms. The van der Waals surface area contributed by atoms with Crippen molar-refractivity contribution in [3.8, 4) is 5.75 Å².